The monoisotopic (exact) mass is 239 g/mol. The fourth-order valence-corrected chi connectivity index (χ4v) is 2.87. The fraction of sp³-hybridized carbons (Fsp3) is 0.923. The Balaban J connectivity index is 1.81. The van der Waals surface area contributed by atoms with Gasteiger partial charge in [0, 0.05) is 19.1 Å². The Labute approximate surface area is 104 Å². The van der Waals surface area contributed by atoms with Crippen LogP contribution in [0.2, 0.25) is 0 Å². The molecule has 17 heavy (non-hydrogen) atoms. The third kappa shape index (κ3) is 2.80. The van der Waals surface area contributed by atoms with Gasteiger partial charge in [0.2, 0.25) is 5.91 Å². The van der Waals surface area contributed by atoms with Crippen molar-refractivity contribution in [2.24, 2.45) is 5.92 Å². The molecule has 2 unspecified atom stereocenters. The van der Waals surface area contributed by atoms with E-state index in [4.69, 9.17) is 0 Å². The third-order valence-corrected chi connectivity index (χ3v) is 4.07. The van der Waals surface area contributed by atoms with Gasteiger partial charge >= 0.3 is 0 Å². The number of hydrogen-bond acceptors (Lipinski definition) is 3. The number of nitrogens with zero attached hydrogens (tertiary/aromatic N) is 2. The Morgan fingerprint density at radius 3 is 2.76 bits per heavy atom. The molecular weight excluding hydrogens is 214 g/mol. The van der Waals surface area contributed by atoms with Crippen LogP contribution < -0.4 is 5.32 Å². The van der Waals surface area contributed by atoms with Crippen LogP contribution in [0.4, 0.5) is 0 Å². The van der Waals surface area contributed by atoms with E-state index in [9.17, 15) is 4.79 Å². The molecule has 1 amide bonds. The van der Waals surface area contributed by atoms with Gasteiger partial charge in [-0.05, 0) is 39.2 Å². The van der Waals surface area contributed by atoms with Crippen molar-refractivity contribution < 1.29 is 4.79 Å². The summed E-state index contributed by atoms with van der Waals surface area (Å²) >= 11 is 0. The standard InChI is InChI=1S/C13H25N3O/c1-4-12-13(17)16(9-14-12)8-11-5-6-15(7-11)10(2)3/h10-12,14H,4-9H2,1-3H3. The van der Waals surface area contributed by atoms with Crippen molar-refractivity contribution in [3.8, 4) is 0 Å². The van der Waals surface area contributed by atoms with E-state index in [2.05, 4.69) is 31.0 Å². The molecule has 2 atom stereocenters. The molecule has 0 aromatic carbocycles. The topological polar surface area (TPSA) is 35.6 Å². The Morgan fingerprint density at radius 1 is 1.47 bits per heavy atom. The van der Waals surface area contributed by atoms with Crippen molar-refractivity contribution in [3.63, 3.8) is 0 Å². The van der Waals surface area contributed by atoms with Gasteiger partial charge in [-0.15, -0.1) is 0 Å². The van der Waals surface area contributed by atoms with Gasteiger partial charge in [-0.25, -0.2) is 0 Å². The predicted octanol–water partition coefficient (Wildman–Crippen LogP) is 0.885. The zero-order chi connectivity index (χ0) is 12.4. The van der Waals surface area contributed by atoms with Gasteiger partial charge in [-0.1, -0.05) is 6.92 Å². The van der Waals surface area contributed by atoms with Crippen molar-refractivity contribution in [2.75, 3.05) is 26.3 Å². The van der Waals surface area contributed by atoms with E-state index < -0.39 is 0 Å². The zero-order valence-corrected chi connectivity index (χ0v) is 11.3. The number of likely N-dealkylation sites (tertiary alicyclic amines) is 1. The maximum atomic E-state index is 12.0. The molecule has 0 aromatic heterocycles. The first-order valence-corrected chi connectivity index (χ1v) is 6.88. The second kappa shape index (κ2) is 5.36. The lowest BCUT2D eigenvalue weighted by Crippen LogP contribution is -2.35. The van der Waals surface area contributed by atoms with E-state index in [0.29, 0.717) is 17.9 Å². The molecule has 2 aliphatic heterocycles. The molecule has 0 spiro atoms. The average Bonchev–Trinajstić information content (AvgIpc) is 2.88. The maximum Gasteiger partial charge on any atom is 0.240 e. The average molecular weight is 239 g/mol. The van der Waals surface area contributed by atoms with Crippen LogP contribution in [0.3, 0.4) is 0 Å². The summed E-state index contributed by atoms with van der Waals surface area (Å²) in [6.07, 6.45) is 2.14. The minimum Gasteiger partial charge on any atom is -0.328 e. The van der Waals surface area contributed by atoms with Crippen LogP contribution in [0, 0.1) is 5.92 Å². The van der Waals surface area contributed by atoms with Crippen molar-refractivity contribution in [3.05, 3.63) is 0 Å². The molecule has 2 rings (SSSR count). The lowest BCUT2D eigenvalue weighted by molar-refractivity contribution is -0.129. The molecule has 0 saturated carbocycles. The molecule has 2 saturated heterocycles. The highest BCUT2D eigenvalue weighted by Crippen LogP contribution is 2.20. The molecule has 2 fully saturated rings. The second-order valence-electron chi connectivity index (χ2n) is 5.63. The molecule has 0 aromatic rings. The first-order chi connectivity index (χ1) is 8.11. The zero-order valence-electron chi connectivity index (χ0n) is 11.3. The molecule has 2 aliphatic rings. The highest BCUT2D eigenvalue weighted by molar-refractivity contribution is 5.83. The van der Waals surface area contributed by atoms with Gasteiger partial charge in [0.1, 0.15) is 0 Å². The Hall–Kier alpha value is -0.610. The number of hydrogen-bond donors (Lipinski definition) is 1. The Kier molecular flexibility index (Phi) is 4.05. The van der Waals surface area contributed by atoms with E-state index >= 15 is 0 Å². The van der Waals surface area contributed by atoms with Gasteiger partial charge < -0.3 is 9.80 Å². The molecule has 1 N–H and O–H groups in total. The van der Waals surface area contributed by atoms with Crippen molar-refractivity contribution in [1.29, 1.82) is 0 Å². The highest BCUT2D eigenvalue weighted by Gasteiger charge is 2.33. The van der Waals surface area contributed by atoms with Crippen molar-refractivity contribution in [1.82, 2.24) is 15.1 Å². The van der Waals surface area contributed by atoms with Crippen LogP contribution in [-0.4, -0.2) is 54.1 Å². The largest absolute Gasteiger partial charge is 0.328 e. The number of carbonyl (C=O) groups is 1. The molecule has 98 valence electrons. The summed E-state index contributed by atoms with van der Waals surface area (Å²) in [5.41, 5.74) is 0. The van der Waals surface area contributed by atoms with Crippen LogP contribution in [0.15, 0.2) is 0 Å². The third-order valence-electron chi connectivity index (χ3n) is 4.07. The summed E-state index contributed by atoms with van der Waals surface area (Å²) in [7, 11) is 0. The maximum absolute atomic E-state index is 12.0. The summed E-state index contributed by atoms with van der Waals surface area (Å²) < 4.78 is 0. The first-order valence-electron chi connectivity index (χ1n) is 6.88. The summed E-state index contributed by atoms with van der Waals surface area (Å²) in [5, 5.41) is 3.28. The highest BCUT2D eigenvalue weighted by atomic mass is 16.2. The Bertz CT molecular complexity index is 280. The molecule has 4 nitrogen and oxygen atoms in total. The van der Waals surface area contributed by atoms with Crippen LogP contribution in [-0.2, 0) is 4.79 Å². The summed E-state index contributed by atoms with van der Waals surface area (Å²) in [6, 6.07) is 0.702. The van der Waals surface area contributed by atoms with Crippen LogP contribution in [0.1, 0.15) is 33.6 Å². The summed E-state index contributed by atoms with van der Waals surface area (Å²) in [5.74, 6) is 0.967. The van der Waals surface area contributed by atoms with Crippen LogP contribution in [0.25, 0.3) is 0 Å². The summed E-state index contributed by atoms with van der Waals surface area (Å²) in [6.45, 7) is 10.6. The molecule has 4 heteroatoms. The molecule has 0 aliphatic carbocycles. The minimum absolute atomic E-state index is 0.0672. The number of amides is 1. The molecular formula is C13H25N3O. The normalized spacial score (nSPS) is 30.8. The number of carbonyl (C=O) groups excluding carboxylic acids is 1. The molecule has 0 radical (unpaired) electrons. The van der Waals surface area contributed by atoms with E-state index in [0.717, 1.165) is 26.2 Å². The molecule has 0 bridgehead atoms. The fourth-order valence-electron chi connectivity index (χ4n) is 2.87. The SMILES string of the molecule is CCC1NCN(CC2CCN(C(C)C)C2)C1=O. The minimum atomic E-state index is 0.0672. The van der Waals surface area contributed by atoms with Crippen LogP contribution in [0.5, 0.6) is 0 Å². The van der Waals surface area contributed by atoms with Crippen molar-refractivity contribution in [2.45, 2.75) is 45.7 Å². The van der Waals surface area contributed by atoms with Crippen LogP contribution >= 0.6 is 0 Å². The lowest BCUT2D eigenvalue weighted by atomic mass is 10.1. The Morgan fingerprint density at radius 2 is 2.24 bits per heavy atom. The number of rotatable bonds is 4. The predicted molar refractivity (Wildman–Crippen MR) is 68.6 cm³/mol. The van der Waals surface area contributed by atoms with E-state index in [1.54, 1.807) is 0 Å². The van der Waals surface area contributed by atoms with Gasteiger partial charge in [-0.3, -0.25) is 10.1 Å². The van der Waals surface area contributed by atoms with E-state index in [1.165, 1.54) is 13.0 Å². The first kappa shape index (κ1) is 12.8. The summed E-state index contributed by atoms with van der Waals surface area (Å²) in [4.78, 5) is 16.5. The van der Waals surface area contributed by atoms with E-state index in [1.807, 2.05) is 4.90 Å². The van der Waals surface area contributed by atoms with E-state index in [-0.39, 0.29) is 6.04 Å². The number of nitrogens with one attached hydrogen (secondary N) is 1. The lowest BCUT2D eigenvalue weighted by Gasteiger charge is -2.22. The quantitative estimate of drug-likeness (QED) is 0.791. The van der Waals surface area contributed by atoms with Crippen molar-refractivity contribution >= 4 is 5.91 Å². The van der Waals surface area contributed by atoms with Gasteiger partial charge in [0.05, 0.1) is 12.7 Å². The van der Waals surface area contributed by atoms with Gasteiger partial charge in [0.15, 0.2) is 0 Å². The van der Waals surface area contributed by atoms with Gasteiger partial charge in [0.25, 0.3) is 0 Å². The second-order valence-corrected chi connectivity index (χ2v) is 5.63. The molecule has 2 heterocycles. The smallest absolute Gasteiger partial charge is 0.240 e. The van der Waals surface area contributed by atoms with Gasteiger partial charge in [-0.2, -0.15) is 0 Å².